The zero-order valence-corrected chi connectivity index (χ0v) is 13.6. The van der Waals surface area contributed by atoms with Crippen LogP contribution in [-0.2, 0) is 13.1 Å². The van der Waals surface area contributed by atoms with Crippen LogP contribution in [0.3, 0.4) is 0 Å². The van der Waals surface area contributed by atoms with E-state index in [1.165, 1.54) is 43.9 Å². The normalized spacial score (nSPS) is 17.5. The first-order valence-electron chi connectivity index (χ1n) is 8.13. The van der Waals surface area contributed by atoms with Crippen molar-refractivity contribution in [1.29, 1.82) is 0 Å². The molecule has 0 aromatic heterocycles. The molecule has 0 unspecified atom stereocenters. The molecule has 1 aliphatic heterocycles. The monoisotopic (exact) mass is 290 g/mol. The first-order valence-corrected chi connectivity index (χ1v) is 8.13. The van der Waals surface area contributed by atoms with E-state index in [0.29, 0.717) is 6.54 Å². The number of rotatable bonds is 7. The molecule has 1 fully saturated rings. The highest BCUT2D eigenvalue weighted by Crippen LogP contribution is 2.11. The third-order valence-electron chi connectivity index (χ3n) is 4.51. The fraction of sp³-hybridized carbons (Fsp3) is 0.647. The van der Waals surface area contributed by atoms with Crippen molar-refractivity contribution in [2.75, 3.05) is 52.9 Å². The van der Waals surface area contributed by atoms with Crippen LogP contribution in [-0.4, -0.2) is 67.6 Å². The van der Waals surface area contributed by atoms with Gasteiger partial charge in [-0.2, -0.15) is 0 Å². The van der Waals surface area contributed by atoms with E-state index in [1.807, 2.05) is 0 Å². The molecule has 0 bridgehead atoms. The minimum atomic E-state index is 0.631. The van der Waals surface area contributed by atoms with Crippen LogP contribution in [0.5, 0.6) is 0 Å². The molecule has 0 saturated carbocycles. The zero-order valence-electron chi connectivity index (χ0n) is 13.6. The number of hydrogen-bond acceptors (Lipinski definition) is 4. The van der Waals surface area contributed by atoms with E-state index in [0.717, 1.165) is 19.6 Å². The van der Waals surface area contributed by atoms with E-state index in [-0.39, 0.29) is 0 Å². The minimum absolute atomic E-state index is 0.631. The molecule has 2 rings (SSSR count). The average molecular weight is 290 g/mol. The fourth-order valence-electron chi connectivity index (χ4n) is 2.86. The lowest BCUT2D eigenvalue weighted by atomic mass is 10.1. The van der Waals surface area contributed by atoms with Crippen LogP contribution >= 0.6 is 0 Å². The van der Waals surface area contributed by atoms with Crippen molar-refractivity contribution in [3.63, 3.8) is 0 Å². The Hall–Kier alpha value is -0.940. The molecular formula is C17H30N4. The van der Waals surface area contributed by atoms with E-state index in [2.05, 4.69) is 52.9 Å². The molecule has 1 aromatic carbocycles. The Morgan fingerprint density at radius 2 is 1.76 bits per heavy atom. The van der Waals surface area contributed by atoms with Crippen molar-refractivity contribution in [3.05, 3.63) is 35.4 Å². The van der Waals surface area contributed by atoms with Gasteiger partial charge in [-0.05, 0) is 24.7 Å². The highest BCUT2D eigenvalue weighted by Gasteiger charge is 2.14. The molecule has 0 spiro atoms. The minimum Gasteiger partial charge on any atom is -0.326 e. The molecule has 0 amide bonds. The maximum Gasteiger partial charge on any atom is 0.0237 e. The van der Waals surface area contributed by atoms with Crippen LogP contribution < -0.4 is 5.73 Å². The summed E-state index contributed by atoms with van der Waals surface area (Å²) in [5, 5.41) is 0. The van der Waals surface area contributed by atoms with Gasteiger partial charge in [0.2, 0.25) is 0 Å². The number of nitrogens with zero attached hydrogens (tertiary/aromatic N) is 3. The molecule has 2 N–H and O–H groups in total. The Labute approximate surface area is 129 Å². The van der Waals surface area contributed by atoms with E-state index in [4.69, 9.17) is 5.73 Å². The van der Waals surface area contributed by atoms with E-state index in [1.54, 1.807) is 0 Å². The smallest absolute Gasteiger partial charge is 0.0237 e. The van der Waals surface area contributed by atoms with Crippen LogP contribution in [0.2, 0.25) is 0 Å². The van der Waals surface area contributed by atoms with Crippen molar-refractivity contribution in [2.45, 2.75) is 20.0 Å². The van der Waals surface area contributed by atoms with E-state index >= 15 is 0 Å². The van der Waals surface area contributed by atoms with Gasteiger partial charge in [-0.25, -0.2) is 0 Å². The van der Waals surface area contributed by atoms with Crippen molar-refractivity contribution in [1.82, 2.24) is 14.7 Å². The van der Waals surface area contributed by atoms with E-state index in [9.17, 15) is 0 Å². The third-order valence-corrected chi connectivity index (χ3v) is 4.51. The maximum absolute atomic E-state index is 5.84. The molecule has 21 heavy (non-hydrogen) atoms. The topological polar surface area (TPSA) is 35.7 Å². The van der Waals surface area contributed by atoms with Gasteiger partial charge in [-0.15, -0.1) is 0 Å². The predicted molar refractivity (Wildman–Crippen MR) is 89.2 cm³/mol. The fourth-order valence-corrected chi connectivity index (χ4v) is 2.86. The summed E-state index contributed by atoms with van der Waals surface area (Å²) in [7, 11) is 2.21. The molecule has 0 atom stereocenters. The van der Waals surface area contributed by atoms with Gasteiger partial charge in [0.25, 0.3) is 0 Å². The van der Waals surface area contributed by atoms with Gasteiger partial charge in [-0.3, -0.25) is 9.80 Å². The van der Waals surface area contributed by atoms with Crippen LogP contribution in [0.4, 0.5) is 0 Å². The Balaban J connectivity index is 1.82. The number of nitrogens with two attached hydrogens (primary N) is 1. The van der Waals surface area contributed by atoms with Crippen LogP contribution in [0, 0.1) is 0 Å². The van der Waals surface area contributed by atoms with Gasteiger partial charge in [0.05, 0.1) is 0 Å². The molecular weight excluding hydrogens is 260 g/mol. The van der Waals surface area contributed by atoms with E-state index < -0.39 is 0 Å². The molecule has 1 heterocycles. The van der Waals surface area contributed by atoms with Crippen molar-refractivity contribution < 1.29 is 0 Å². The maximum atomic E-state index is 5.84. The Morgan fingerprint density at radius 3 is 2.38 bits per heavy atom. The summed E-state index contributed by atoms with van der Waals surface area (Å²) in [5.41, 5.74) is 8.49. The number of hydrogen-bond donors (Lipinski definition) is 1. The lowest BCUT2D eigenvalue weighted by Gasteiger charge is -2.34. The van der Waals surface area contributed by atoms with Gasteiger partial charge in [-0.1, -0.05) is 31.2 Å². The lowest BCUT2D eigenvalue weighted by Crippen LogP contribution is -2.46. The Bertz CT molecular complexity index is 413. The Morgan fingerprint density at radius 1 is 1.10 bits per heavy atom. The summed E-state index contributed by atoms with van der Waals surface area (Å²) in [6, 6.07) is 8.54. The lowest BCUT2D eigenvalue weighted by molar-refractivity contribution is 0.134. The van der Waals surface area contributed by atoms with Crippen molar-refractivity contribution in [2.24, 2.45) is 5.73 Å². The molecule has 118 valence electrons. The second kappa shape index (κ2) is 8.49. The highest BCUT2D eigenvalue weighted by molar-refractivity contribution is 5.26. The first kappa shape index (κ1) is 16.4. The SMILES string of the molecule is CCN(CCN1CCN(C)CC1)Cc1ccccc1CN. The summed E-state index contributed by atoms with van der Waals surface area (Å²) in [6.45, 7) is 12.1. The summed E-state index contributed by atoms with van der Waals surface area (Å²) >= 11 is 0. The molecule has 1 saturated heterocycles. The average Bonchev–Trinajstić information content (AvgIpc) is 2.53. The number of likely N-dealkylation sites (N-methyl/N-ethyl adjacent to an activating group) is 2. The van der Waals surface area contributed by atoms with Gasteiger partial charge < -0.3 is 10.6 Å². The quantitative estimate of drug-likeness (QED) is 0.819. The number of benzene rings is 1. The Kier molecular flexibility index (Phi) is 6.64. The van der Waals surface area contributed by atoms with Crippen LogP contribution in [0.15, 0.2) is 24.3 Å². The van der Waals surface area contributed by atoms with Crippen LogP contribution in [0.25, 0.3) is 0 Å². The second-order valence-corrected chi connectivity index (χ2v) is 5.99. The third kappa shape index (κ3) is 5.08. The van der Waals surface area contributed by atoms with Crippen molar-refractivity contribution >= 4 is 0 Å². The van der Waals surface area contributed by atoms with Gasteiger partial charge >= 0.3 is 0 Å². The molecule has 4 nitrogen and oxygen atoms in total. The largest absolute Gasteiger partial charge is 0.326 e. The highest BCUT2D eigenvalue weighted by atomic mass is 15.3. The molecule has 1 aliphatic rings. The number of piperazine rings is 1. The standard InChI is InChI=1S/C17H30N4/c1-3-20(12-13-21-10-8-19(2)9-11-21)15-17-7-5-4-6-16(17)14-18/h4-7H,3,8-15,18H2,1-2H3. The summed E-state index contributed by atoms with van der Waals surface area (Å²) in [5.74, 6) is 0. The molecule has 0 radical (unpaired) electrons. The summed E-state index contributed by atoms with van der Waals surface area (Å²) < 4.78 is 0. The summed E-state index contributed by atoms with van der Waals surface area (Å²) in [6.07, 6.45) is 0. The van der Waals surface area contributed by atoms with Gasteiger partial charge in [0, 0.05) is 52.4 Å². The first-order chi connectivity index (χ1) is 10.2. The summed E-state index contributed by atoms with van der Waals surface area (Å²) in [4.78, 5) is 7.51. The molecule has 0 aliphatic carbocycles. The zero-order chi connectivity index (χ0) is 15.1. The molecule has 4 heteroatoms. The predicted octanol–water partition coefficient (Wildman–Crippen LogP) is 1.21. The second-order valence-electron chi connectivity index (χ2n) is 5.99. The van der Waals surface area contributed by atoms with Gasteiger partial charge in [0.1, 0.15) is 0 Å². The molecule has 1 aromatic rings. The van der Waals surface area contributed by atoms with Crippen molar-refractivity contribution in [3.8, 4) is 0 Å². The van der Waals surface area contributed by atoms with Crippen LogP contribution in [0.1, 0.15) is 18.1 Å². The van der Waals surface area contributed by atoms with Gasteiger partial charge in [0.15, 0.2) is 0 Å².